The summed E-state index contributed by atoms with van der Waals surface area (Å²) in [5, 5.41) is 11.2. The minimum atomic E-state index is -0.0240. The number of aromatic nitrogens is 3. The summed E-state index contributed by atoms with van der Waals surface area (Å²) < 4.78 is 2.10. The van der Waals surface area contributed by atoms with Crippen molar-refractivity contribution in [1.29, 1.82) is 0 Å². The SMILES string of the molecule is CC(C)n1cnnc1CC1CCN(C(=O)Nc2ccccc2)C1. The van der Waals surface area contributed by atoms with Crippen molar-refractivity contribution in [3.63, 3.8) is 0 Å². The first-order valence-electron chi connectivity index (χ1n) is 8.13. The Morgan fingerprint density at radius 3 is 2.87 bits per heavy atom. The summed E-state index contributed by atoms with van der Waals surface area (Å²) in [5.74, 6) is 1.45. The summed E-state index contributed by atoms with van der Waals surface area (Å²) in [6, 6.07) is 9.91. The minimum absolute atomic E-state index is 0.0240. The number of benzene rings is 1. The van der Waals surface area contributed by atoms with Crippen molar-refractivity contribution in [3.8, 4) is 0 Å². The molecule has 1 aliphatic rings. The number of likely N-dealkylation sites (tertiary alicyclic amines) is 1. The van der Waals surface area contributed by atoms with Crippen molar-refractivity contribution in [2.24, 2.45) is 5.92 Å². The third kappa shape index (κ3) is 3.70. The van der Waals surface area contributed by atoms with E-state index in [1.54, 1.807) is 6.33 Å². The summed E-state index contributed by atoms with van der Waals surface area (Å²) in [4.78, 5) is 14.2. The predicted molar refractivity (Wildman–Crippen MR) is 89.3 cm³/mol. The summed E-state index contributed by atoms with van der Waals surface area (Å²) in [6.07, 6.45) is 3.66. The predicted octanol–water partition coefficient (Wildman–Crippen LogP) is 2.96. The van der Waals surface area contributed by atoms with Gasteiger partial charge in [0.05, 0.1) is 0 Å². The Balaban J connectivity index is 1.56. The molecule has 1 unspecified atom stereocenters. The van der Waals surface area contributed by atoms with Gasteiger partial charge in [-0.05, 0) is 38.3 Å². The molecule has 1 atom stereocenters. The van der Waals surface area contributed by atoms with Crippen LogP contribution in [0.4, 0.5) is 10.5 Å². The van der Waals surface area contributed by atoms with Crippen LogP contribution in [0.15, 0.2) is 36.7 Å². The highest BCUT2D eigenvalue weighted by Gasteiger charge is 2.27. The molecule has 1 aliphatic heterocycles. The average Bonchev–Trinajstić information content (AvgIpc) is 3.18. The molecule has 0 radical (unpaired) electrons. The lowest BCUT2D eigenvalue weighted by molar-refractivity contribution is 0.220. The van der Waals surface area contributed by atoms with Crippen molar-refractivity contribution in [2.45, 2.75) is 32.7 Å². The van der Waals surface area contributed by atoms with E-state index in [-0.39, 0.29) is 6.03 Å². The Bertz CT molecular complexity index is 652. The molecule has 1 N–H and O–H groups in total. The van der Waals surface area contributed by atoms with Crippen LogP contribution >= 0.6 is 0 Å². The first-order valence-corrected chi connectivity index (χ1v) is 8.13. The highest BCUT2D eigenvalue weighted by Crippen LogP contribution is 2.22. The molecule has 122 valence electrons. The molecular weight excluding hydrogens is 290 g/mol. The van der Waals surface area contributed by atoms with Crippen LogP contribution in [0.3, 0.4) is 0 Å². The third-order valence-electron chi connectivity index (χ3n) is 4.27. The van der Waals surface area contributed by atoms with E-state index in [4.69, 9.17) is 0 Å². The Labute approximate surface area is 136 Å². The van der Waals surface area contributed by atoms with Crippen molar-refractivity contribution in [1.82, 2.24) is 19.7 Å². The topological polar surface area (TPSA) is 63.1 Å². The summed E-state index contributed by atoms with van der Waals surface area (Å²) in [5.41, 5.74) is 0.834. The highest BCUT2D eigenvalue weighted by atomic mass is 16.2. The lowest BCUT2D eigenvalue weighted by atomic mass is 10.0. The second kappa shape index (κ2) is 6.81. The molecule has 1 aromatic heterocycles. The molecule has 0 saturated carbocycles. The number of nitrogens with one attached hydrogen (secondary N) is 1. The highest BCUT2D eigenvalue weighted by molar-refractivity contribution is 5.89. The van der Waals surface area contributed by atoms with Crippen LogP contribution < -0.4 is 5.32 Å². The second-order valence-corrected chi connectivity index (χ2v) is 6.35. The fraction of sp³-hybridized carbons (Fsp3) is 0.471. The lowest BCUT2D eigenvalue weighted by Gasteiger charge is -2.18. The smallest absolute Gasteiger partial charge is 0.321 e. The van der Waals surface area contributed by atoms with Crippen LogP contribution in [0, 0.1) is 5.92 Å². The fourth-order valence-corrected chi connectivity index (χ4v) is 3.01. The summed E-state index contributed by atoms with van der Waals surface area (Å²) in [7, 11) is 0. The largest absolute Gasteiger partial charge is 0.324 e. The van der Waals surface area contributed by atoms with E-state index in [1.807, 2.05) is 35.2 Å². The minimum Gasteiger partial charge on any atom is -0.324 e. The maximum absolute atomic E-state index is 12.3. The maximum Gasteiger partial charge on any atom is 0.321 e. The van der Waals surface area contributed by atoms with E-state index in [0.29, 0.717) is 12.0 Å². The van der Waals surface area contributed by atoms with Gasteiger partial charge in [0.25, 0.3) is 0 Å². The normalized spacial score (nSPS) is 17.7. The quantitative estimate of drug-likeness (QED) is 0.944. The number of hydrogen-bond donors (Lipinski definition) is 1. The van der Waals surface area contributed by atoms with Crippen LogP contribution in [0.1, 0.15) is 32.1 Å². The maximum atomic E-state index is 12.3. The zero-order chi connectivity index (χ0) is 16.2. The van der Waals surface area contributed by atoms with E-state index >= 15 is 0 Å². The molecule has 2 aromatic rings. The van der Waals surface area contributed by atoms with Crippen LogP contribution in [0.5, 0.6) is 0 Å². The Morgan fingerprint density at radius 2 is 2.13 bits per heavy atom. The van der Waals surface area contributed by atoms with Gasteiger partial charge in [-0.3, -0.25) is 0 Å². The Kier molecular flexibility index (Phi) is 4.60. The van der Waals surface area contributed by atoms with Gasteiger partial charge in [-0.25, -0.2) is 4.79 Å². The van der Waals surface area contributed by atoms with Gasteiger partial charge in [-0.15, -0.1) is 10.2 Å². The molecule has 0 aliphatic carbocycles. The van der Waals surface area contributed by atoms with E-state index in [1.165, 1.54) is 0 Å². The average molecular weight is 313 g/mol. The van der Waals surface area contributed by atoms with Gasteiger partial charge in [0.1, 0.15) is 12.2 Å². The first-order chi connectivity index (χ1) is 11.1. The molecule has 1 aromatic carbocycles. The van der Waals surface area contributed by atoms with Gasteiger partial charge < -0.3 is 14.8 Å². The molecular formula is C17H23N5O. The molecule has 23 heavy (non-hydrogen) atoms. The first kappa shape index (κ1) is 15.5. The lowest BCUT2D eigenvalue weighted by Crippen LogP contribution is -2.33. The molecule has 2 heterocycles. The molecule has 1 saturated heterocycles. The number of para-hydroxylation sites is 1. The molecule has 3 rings (SSSR count). The number of amides is 2. The molecule has 1 fully saturated rings. The summed E-state index contributed by atoms with van der Waals surface area (Å²) in [6.45, 7) is 5.81. The Morgan fingerprint density at radius 1 is 1.35 bits per heavy atom. The van der Waals surface area contributed by atoms with Crippen LogP contribution in [-0.4, -0.2) is 38.8 Å². The van der Waals surface area contributed by atoms with Crippen molar-refractivity contribution >= 4 is 11.7 Å². The molecule has 2 amide bonds. The van der Waals surface area contributed by atoms with Gasteiger partial charge in [0.15, 0.2) is 0 Å². The molecule has 0 spiro atoms. The third-order valence-corrected chi connectivity index (χ3v) is 4.27. The monoisotopic (exact) mass is 313 g/mol. The van der Waals surface area contributed by atoms with Gasteiger partial charge in [0.2, 0.25) is 0 Å². The second-order valence-electron chi connectivity index (χ2n) is 6.35. The number of carbonyl (C=O) groups is 1. The van der Waals surface area contributed by atoms with Crippen LogP contribution in [-0.2, 0) is 6.42 Å². The number of nitrogens with zero attached hydrogens (tertiary/aromatic N) is 4. The molecule has 6 nitrogen and oxygen atoms in total. The number of urea groups is 1. The van der Waals surface area contributed by atoms with Gasteiger partial charge >= 0.3 is 6.03 Å². The molecule has 0 bridgehead atoms. The molecule has 6 heteroatoms. The Hall–Kier alpha value is -2.37. The van der Waals surface area contributed by atoms with Crippen molar-refractivity contribution in [2.75, 3.05) is 18.4 Å². The standard InChI is InChI=1S/C17H23N5O/c1-13(2)22-12-18-20-16(22)10-14-8-9-21(11-14)17(23)19-15-6-4-3-5-7-15/h3-7,12-14H,8-11H2,1-2H3,(H,19,23). The van der Waals surface area contributed by atoms with E-state index in [2.05, 4.69) is 33.9 Å². The van der Waals surface area contributed by atoms with E-state index in [9.17, 15) is 4.79 Å². The van der Waals surface area contributed by atoms with Crippen molar-refractivity contribution in [3.05, 3.63) is 42.5 Å². The number of hydrogen-bond acceptors (Lipinski definition) is 3. The number of rotatable bonds is 4. The van der Waals surface area contributed by atoms with Crippen LogP contribution in [0.2, 0.25) is 0 Å². The summed E-state index contributed by atoms with van der Waals surface area (Å²) >= 11 is 0. The number of carbonyl (C=O) groups excluding carboxylic acids is 1. The van der Waals surface area contributed by atoms with Gasteiger partial charge in [-0.1, -0.05) is 18.2 Å². The number of anilines is 1. The van der Waals surface area contributed by atoms with Gasteiger partial charge in [0, 0.05) is 31.2 Å². The van der Waals surface area contributed by atoms with Gasteiger partial charge in [-0.2, -0.15) is 0 Å². The zero-order valence-electron chi connectivity index (χ0n) is 13.6. The zero-order valence-corrected chi connectivity index (χ0v) is 13.6. The van der Waals surface area contributed by atoms with E-state index < -0.39 is 0 Å². The van der Waals surface area contributed by atoms with E-state index in [0.717, 1.165) is 37.4 Å². The van der Waals surface area contributed by atoms with Crippen LogP contribution in [0.25, 0.3) is 0 Å². The van der Waals surface area contributed by atoms with Crippen molar-refractivity contribution < 1.29 is 4.79 Å². The fourth-order valence-electron chi connectivity index (χ4n) is 3.01.